The van der Waals surface area contributed by atoms with Crippen LogP contribution in [0, 0.1) is 6.92 Å². The van der Waals surface area contributed by atoms with Crippen molar-refractivity contribution < 1.29 is 14.4 Å². The molecule has 0 unspecified atom stereocenters. The first kappa shape index (κ1) is 23.5. The Kier molecular flexibility index (Phi) is 6.68. The molecule has 3 aromatic carbocycles. The number of nitrogens with one attached hydrogen (secondary N) is 1. The summed E-state index contributed by atoms with van der Waals surface area (Å²) in [4.78, 5) is 43.1. The molecule has 4 rings (SSSR count). The van der Waals surface area contributed by atoms with Gasteiger partial charge < -0.3 is 10.2 Å². The summed E-state index contributed by atoms with van der Waals surface area (Å²) in [6, 6.07) is 18.6. The Hall–Kier alpha value is -3.67. The van der Waals surface area contributed by atoms with Crippen molar-refractivity contribution in [3.8, 4) is 0 Å². The first-order chi connectivity index (χ1) is 16.3. The Morgan fingerprint density at radius 3 is 2.32 bits per heavy atom. The number of benzene rings is 3. The standard InChI is InChI=1S/C28H31N3O3/c1-5-23(27(33)29-18(2)3)30(16-20-14-12-19(4)13-15-20)25(32)17-31-24-11-7-9-21-8-6-10-22(26(21)24)28(31)34/h6-15,18,23H,5,16-17H2,1-4H3,(H,29,33)/t23-/m1/s1. The van der Waals surface area contributed by atoms with E-state index in [1.165, 1.54) is 4.90 Å². The predicted molar refractivity (Wildman–Crippen MR) is 135 cm³/mol. The fourth-order valence-corrected chi connectivity index (χ4v) is 4.55. The monoisotopic (exact) mass is 457 g/mol. The quantitative estimate of drug-likeness (QED) is 0.544. The zero-order valence-electron chi connectivity index (χ0n) is 20.2. The highest BCUT2D eigenvalue weighted by molar-refractivity contribution is 6.26. The van der Waals surface area contributed by atoms with E-state index < -0.39 is 6.04 Å². The molecule has 1 N–H and O–H groups in total. The molecular formula is C28H31N3O3. The number of rotatable bonds is 8. The normalized spacial score (nSPS) is 13.4. The molecule has 0 saturated heterocycles. The van der Waals surface area contributed by atoms with Crippen molar-refractivity contribution in [2.45, 2.75) is 52.7 Å². The van der Waals surface area contributed by atoms with Crippen molar-refractivity contribution in [1.82, 2.24) is 10.2 Å². The average Bonchev–Trinajstić information content (AvgIpc) is 3.07. The summed E-state index contributed by atoms with van der Waals surface area (Å²) in [5, 5.41) is 4.79. The van der Waals surface area contributed by atoms with Crippen LogP contribution in [0.1, 0.15) is 48.7 Å². The van der Waals surface area contributed by atoms with Gasteiger partial charge in [-0.1, -0.05) is 61.0 Å². The van der Waals surface area contributed by atoms with Crippen molar-refractivity contribution in [1.29, 1.82) is 0 Å². The van der Waals surface area contributed by atoms with E-state index in [1.54, 1.807) is 11.0 Å². The fourth-order valence-electron chi connectivity index (χ4n) is 4.55. The number of nitrogens with zero attached hydrogens (tertiary/aromatic N) is 2. The van der Waals surface area contributed by atoms with Gasteiger partial charge in [-0.2, -0.15) is 0 Å². The van der Waals surface area contributed by atoms with Gasteiger partial charge in [0.15, 0.2) is 0 Å². The summed E-state index contributed by atoms with van der Waals surface area (Å²) < 4.78 is 0. The Balaban J connectivity index is 1.65. The van der Waals surface area contributed by atoms with E-state index in [0.717, 1.165) is 27.6 Å². The summed E-state index contributed by atoms with van der Waals surface area (Å²) >= 11 is 0. The molecule has 1 heterocycles. The Bertz CT molecular complexity index is 1230. The smallest absolute Gasteiger partial charge is 0.259 e. The number of carbonyl (C=O) groups is 3. The average molecular weight is 458 g/mol. The van der Waals surface area contributed by atoms with Gasteiger partial charge in [-0.05, 0) is 50.3 Å². The summed E-state index contributed by atoms with van der Waals surface area (Å²) in [6.45, 7) is 7.88. The van der Waals surface area contributed by atoms with E-state index in [1.807, 2.05) is 82.3 Å². The van der Waals surface area contributed by atoms with Crippen LogP contribution in [0.2, 0.25) is 0 Å². The van der Waals surface area contributed by atoms with Crippen LogP contribution in [0.3, 0.4) is 0 Å². The second kappa shape index (κ2) is 9.67. The lowest BCUT2D eigenvalue weighted by molar-refractivity contribution is -0.140. The molecule has 0 bridgehead atoms. The topological polar surface area (TPSA) is 69.7 Å². The lowest BCUT2D eigenvalue weighted by atomic mass is 10.1. The first-order valence-electron chi connectivity index (χ1n) is 11.8. The van der Waals surface area contributed by atoms with Crippen LogP contribution in [0.5, 0.6) is 0 Å². The molecule has 0 aromatic heterocycles. The van der Waals surface area contributed by atoms with Crippen molar-refractivity contribution >= 4 is 34.2 Å². The molecule has 3 aromatic rings. The maximum atomic E-state index is 13.7. The molecule has 0 saturated carbocycles. The van der Waals surface area contributed by atoms with Gasteiger partial charge in [-0.3, -0.25) is 19.3 Å². The van der Waals surface area contributed by atoms with Crippen LogP contribution in [0.4, 0.5) is 5.69 Å². The number of hydrogen-bond acceptors (Lipinski definition) is 3. The molecule has 1 aliphatic heterocycles. The maximum absolute atomic E-state index is 13.7. The zero-order valence-corrected chi connectivity index (χ0v) is 20.2. The van der Waals surface area contributed by atoms with E-state index in [-0.39, 0.29) is 30.3 Å². The Morgan fingerprint density at radius 1 is 1.00 bits per heavy atom. The molecule has 34 heavy (non-hydrogen) atoms. The third-order valence-corrected chi connectivity index (χ3v) is 6.23. The molecule has 1 aliphatic rings. The van der Waals surface area contributed by atoms with Crippen LogP contribution in [0.25, 0.3) is 10.8 Å². The molecule has 6 nitrogen and oxygen atoms in total. The fraction of sp³-hybridized carbons (Fsp3) is 0.321. The Morgan fingerprint density at radius 2 is 1.68 bits per heavy atom. The number of carbonyl (C=O) groups excluding carboxylic acids is 3. The molecule has 176 valence electrons. The van der Waals surface area contributed by atoms with Crippen LogP contribution < -0.4 is 10.2 Å². The number of aryl methyl sites for hydroxylation is 1. The maximum Gasteiger partial charge on any atom is 0.259 e. The van der Waals surface area contributed by atoms with Crippen LogP contribution in [-0.2, 0) is 16.1 Å². The molecular weight excluding hydrogens is 426 g/mol. The van der Waals surface area contributed by atoms with Crippen LogP contribution in [-0.4, -0.2) is 41.2 Å². The minimum Gasteiger partial charge on any atom is -0.352 e. The van der Waals surface area contributed by atoms with Gasteiger partial charge in [0.1, 0.15) is 12.6 Å². The molecule has 6 heteroatoms. The van der Waals surface area contributed by atoms with Crippen molar-refractivity contribution in [3.05, 3.63) is 77.4 Å². The lowest BCUT2D eigenvalue weighted by Crippen LogP contribution is -2.53. The number of hydrogen-bond donors (Lipinski definition) is 1. The van der Waals surface area contributed by atoms with Gasteiger partial charge in [0.05, 0.1) is 5.69 Å². The zero-order chi connectivity index (χ0) is 24.4. The molecule has 3 amide bonds. The highest BCUT2D eigenvalue weighted by Gasteiger charge is 2.35. The summed E-state index contributed by atoms with van der Waals surface area (Å²) in [5.41, 5.74) is 3.41. The summed E-state index contributed by atoms with van der Waals surface area (Å²) in [6.07, 6.45) is 0.472. The van der Waals surface area contributed by atoms with Gasteiger partial charge in [-0.25, -0.2) is 0 Å². The third-order valence-electron chi connectivity index (χ3n) is 6.23. The highest BCUT2D eigenvalue weighted by atomic mass is 16.2. The van der Waals surface area contributed by atoms with E-state index >= 15 is 0 Å². The van der Waals surface area contributed by atoms with E-state index in [9.17, 15) is 14.4 Å². The van der Waals surface area contributed by atoms with Crippen molar-refractivity contribution in [2.75, 3.05) is 11.4 Å². The van der Waals surface area contributed by atoms with Crippen molar-refractivity contribution in [2.24, 2.45) is 0 Å². The second-order valence-corrected chi connectivity index (χ2v) is 9.17. The van der Waals surface area contributed by atoms with Crippen molar-refractivity contribution in [3.63, 3.8) is 0 Å². The molecule has 0 aliphatic carbocycles. The number of amides is 3. The Labute approximate surface area is 200 Å². The second-order valence-electron chi connectivity index (χ2n) is 9.17. The third kappa shape index (κ3) is 4.53. The van der Waals surface area contributed by atoms with Gasteiger partial charge in [0.25, 0.3) is 5.91 Å². The number of anilines is 1. The van der Waals surface area contributed by atoms with E-state index in [0.29, 0.717) is 18.5 Å². The van der Waals surface area contributed by atoms with Gasteiger partial charge in [0, 0.05) is 23.5 Å². The van der Waals surface area contributed by atoms with Crippen LogP contribution >= 0.6 is 0 Å². The van der Waals surface area contributed by atoms with E-state index in [4.69, 9.17) is 0 Å². The first-order valence-corrected chi connectivity index (χ1v) is 11.8. The summed E-state index contributed by atoms with van der Waals surface area (Å²) in [7, 11) is 0. The van der Waals surface area contributed by atoms with E-state index in [2.05, 4.69) is 5.32 Å². The SMILES string of the molecule is CC[C@H](C(=O)NC(C)C)N(Cc1ccc(C)cc1)C(=O)CN1C(=O)c2cccc3cccc1c23. The molecule has 1 atom stereocenters. The molecule has 0 radical (unpaired) electrons. The minimum atomic E-state index is -0.632. The summed E-state index contributed by atoms with van der Waals surface area (Å²) in [5.74, 6) is -0.629. The molecule has 0 fully saturated rings. The van der Waals surface area contributed by atoms with Gasteiger partial charge in [-0.15, -0.1) is 0 Å². The largest absolute Gasteiger partial charge is 0.352 e. The minimum absolute atomic E-state index is 0.0369. The van der Waals surface area contributed by atoms with Gasteiger partial charge in [0.2, 0.25) is 11.8 Å². The van der Waals surface area contributed by atoms with Crippen LogP contribution in [0.15, 0.2) is 60.7 Å². The van der Waals surface area contributed by atoms with Gasteiger partial charge >= 0.3 is 0 Å². The lowest BCUT2D eigenvalue weighted by Gasteiger charge is -2.32. The highest BCUT2D eigenvalue weighted by Crippen LogP contribution is 2.37. The molecule has 0 spiro atoms. The predicted octanol–water partition coefficient (Wildman–Crippen LogP) is 4.44.